The molecule has 1 aliphatic heterocycles. The average molecular weight is 279 g/mol. The maximum Gasteiger partial charge on any atom is 0.125 e. The van der Waals surface area contributed by atoms with Crippen molar-refractivity contribution in [2.75, 3.05) is 27.4 Å². The Morgan fingerprint density at radius 3 is 2.85 bits per heavy atom. The van der Waals surface area contributed by atoms with Gasteiger partial charge in [0.05, 0.1) is 7.11 Å². The van der Waals surface area contributed by atoms with E-state index in [1.807, 2.05) is 12.1 Å². The zero-order valence-corrected chi connectivity index (χ0v) is 12.9. The molecule has 0 spiro atoms. The Kier molecular flexibility index (Phi) is 4.89. The van der Waals surface area contributed by atoms with E-state index in [-0.39, 0.29) is 5.60 Å². The second-order valence-corrected chi connectivity index (χ2v) is 5.51. The molecule has 0 saturated carbocycles. The molecule has 0 fully saturated rings. The van der Waals surface area contributed by atoms with E-state index in [0.29, 0.717) is 12.6 Å². The predicted octanol–water partition coefficient (Wildman–Crippen LogP) is 2.92. The van der Waals surface area contributed by atoms with Crippen molar-refractivity contribution in [2.24, 2.45) is 0 Å². The van der Waals surface area contributed by atoms with Crippen molar-refractivity contribution in [1.82, 2.24) is 5.32 Å². The molecule has 4 heteroatoms. The molecule has 1 heterocycles. The maximum atomic E-state index is 6.22. The van der Waals surface area contributed by atoms with Gasteiger partial charge in [0.1, 0.15) is 17.1 Å². The highest BCUT2D eigenvalue weighted by Crippen LogP contribution is 2.42. The molecule has 1 aromatic rings. The van der Waals surface area contributed by atoms with E-state index in [1.165, 1.54) is 5.56 Å². The first-order valence-electron chi connectivity index (χ1n) is 7.21. The predicted molar refractivity (Wildman–Crippen MR) is 79.6 cm³/mol. The summed E-state index contributed by atoms with van der Waals surface area (Å²) >= 11 is 0. The molecular weight excluding hydrogens is 254 g/mol. The highest BCUT2D eigenvalue weighted by atomic mass is 16.5. The van der Waals surface area contributed by atoms with Gasteiger partial charge >= 0.3 is 0 Å². The maximum absolute atomic E-state index is 6.22. The van der Waals surface area contributed by atoms with Gasteiger partial charge in [0, 0.05) is 38.2 Å². The van der Waals surface area contributed by atoms with E-state index < -0.39 is 0 Å². The van der Waals surface area contributed by atoms with Crippen LogP contribution in [0.1, 0.15) is 38.3 Å². The van der Waals surface area contributed by atoms with Crippen molar-refractivity contribution in [2.45, 2.75) is 38.3 Å². The lowest BCUT2D eigenvalue weighted by molar-refractivity contribution is 0.0171. The number of methoxy groups -OCH3 is 2. The quantitative estimate of drug-likeness (QED) is 0.869. The Balaban J connectivity index is 2.28. The second-order valence-electron chi connectivity index (χ2n) is 5.51. The third-order valence-electron chi connectivity index (χ3n) is 3.87. The standard InChI is InChI=1S/C16H25NO3/c1-5-17-14-11-16(2,8-9-18-3)20-15-7-6-12(19-4)10-13(14)15/h6-7,10,14,17H,5,8-9,11H2,1-4H3. The molecule has 112 valence electrons. The van der Waals surface area contributed by atoms with Crippen LogP contribution in [0.25, 0.3) is 0 Å². The molecule has 20 heavy (non-hydrogen) atoms. The molecule has 0 aliphatic carbocycles. The first kappa shape index (κ1) is 15.1. The van der Waals surface area contributed by atoms with Crippen LogP contribution >= 0.6 is 0 Å². The van der Waals surface area contributed by atoms with Gasteiger partial charge in [-0.1, -0.05) is 6.92 Å². The summed E-state index contributed by atoms with van der Waals surface area (Å²) in [6.07, 6.45) is 1.82. The molecule has 2 atom stereocenters. The van der Waals surface area contributed by atoms with Gasteiger partial charge in [0.2, 0.25) is 0 Å². The summed E-state index contributed by atoms with van der Waals surface area (Å²) in [6.45, 7) is 5.92. The lowest BCUT2D eigenvalue weighted by atomic mass is 9.86. The normalized spacial score (nSPS) is 24.9. The SMILES string of the molecule is CCNC1CC(C)(CCOC)Oc2ccc(OC)cc21. The number of benzene rings is 1. The van der Waals surface area contributed by atoms with Gasteiger partial charge in [-0.2, -0.15) is 0 Å². The molecule has 0 saturated heterocycles. The van der Waals surface area contributed by atoms with Gasteiger partial charge in [0.25, 0.3) is 0 Å². The van der Waals surface area contributed by atoms with Gasteiger partial charge in [-0.15, -0.1) is 0 Å². The Morgan fingerprint density at radius 1 is 1.40 bits per heavy atom. The molecule has 0 bridgehead atoms. The van der Waals surface area contributed by atoms with Crippen LogP contribution in [0.4, 0.5) is 0 Å². The van der Waals surface area contributed by atoms with Crippen LogP contribution in [0.3, 0.4) is 0 Å². The second kappa shape index (κ2) is 6.46. The number of fused-ring (bicyclic) bond motifs is 1. The van der Waals surface area contributed by atoms with Crippen molar-refractivity contribution in [3.63, 3.8) is 0 Å². The molecule has 0 radical (unpaired) electrons. The average Bonchev–Trinajstić information content (AvgIpc) is 2.45. The Bertz CT molecular complexity index is 449. The van der Waals surface area contributed by atoms with Crippen LogP contribution in [0.5, 0.6) is 11.5 Å². The van der Waals surface area contributed by atoms with E-state index in [1.54, 1.807) is 14.2 Å². The minimum absolute atomic E-state index is 0.190. The third-order valence-corrected chi connectivity index (χ3v) is 3.87. The highest BCUT2D eigenvalue weighted by molar-refractivity contribution is 5.44. The van der Waals surface area contributed by atoms with Crippen LogP contribution < -0.4 is 14.8 Å². The lowest BCUT2D eigenvalue weighted by Crippen LogP contribution is -2.42. The summed E-state index contributed by atoms with van der Waals surface area (Å²) in [5, 5.41) is 3.55. The van der Waals surface area contributed by atoms with E-state index in [9.17, 15) is 0 Å². The minimum Gasteiger partial charge on any atom is -0.497 e. The summed E-state index contributed by atoms with van der Waals surface area (Å²) in [7, 11) is 3.42. The zero-order valence-electron chi connectivity index (χ0n) is 12.9. The summed E-state index contributed by atoms with van der Waals surface area (Å²) in [6, 6.07) is 6.31. The summed E-state index contributed by atoms with van der Waals surface area (Å²) in [4.78, 5) is 0. The Hall–Kier alpha value is -1.26. The van der Waals surface area contributed by atoms with Crippen LogP contribution in [0.2, 0.25) is 0 Å². The number of nitrogens with one attached hydrogen (secondary N) is 1. The zero-order chi connectivity index (χ0) is 14.6. The smallest absolute Gasteiger partial charge is 0.125 e. The van der Waals surface area contributed by atoms with Gasteiger partial charge in [-0.05, 0) is 31.7 Å². The van der Waals surface area contributed by atoms with Crippen LogP contribution in [0.15, 0.2) is 18.2 Å². The van der Waals surface area contributed by atoms with E-state index >= 15 is 0 Å². The fraction of sp³-hybridized carbons (Fsp3) is 0.625. The first-order chi connectivity index (χ1) is 9.61. The molecule has 0 amide bonds. The molecule has 1 aromatic carbocycles. The fourth-order valence-electron chi connectivity index (χ4n) is 2.77. The van der Waals surface area contributed by atoms with Crippen LogP contribution in [-0.4, -0.2) is 33.0 Å². The summed E-state index contributed by atoms with van der Waals surface area (Å²) in [5.74, 6) is 1.82. The molecule has 0 aromatic heterocycles. The van der Waals surface area contributed by atoms with Crippen molar-refractivity contribution < 1.29 is 14.2 Å². The number of rotatable bonds is 6. The molecule has 2 unspecified atom stereocenters. The highest BCUT2D eigenvalue weighted by Gasteiger charge is 2.36. The van der Waals surface area contributed by atoms with Gasteiger partial charge < -0.3 is 19.5 Å². The number of hydrogen-bond donors (Lipinski definition) is 1. The van der Waals surface area contributed by atoms with Crippen molar-refractivity contribution in [3.05, 3.63) is 23.8 Å². The van der Waals surface area contributed by atoms with Crippen LogP contribution in [0, 0.1) is 0 Å². The van der Waals surface area contributed by atoms with Gasteiger partial charge in [0.15, 0.2) is 0 Å². The summed E-state index contributed by atoms with van der Waals surface area (Å²) in [5.41, 5.74) is 0.992. The monoisotopic (exact) mass is 279 g/mol. The van der Waals surface area contributed by atoms with Gasteiger partial charge in [-0.3, -0.25) is 0 Å². The number of ether oxygens (including phenoxy) is 3. The third kappa shape index (κ3) is 3.25. The van der Waals surface area contributed by atoms with Crippen molar-refractivity contribution in [3.8, 4) is 11.5 Å². The van der Waals surface area contributed by atoms with E-state index in [0.717, 1.165) is 30.9 Å². The molecule has 2 rings (SSSR count). The van der Waals surface area contributed by atoms with Gasteiger partial charge in [-0.25, -0.2) is 0 Å². The largest absolute Gasteiger partial charge is 0.497 e. The topological polar surface area (TPSA) is 39.7 Å². The van der Waals surface area contributed by atoms with Crippen LogP contribution in [-0.2, 0) is 4.74 Å². The number of hydrogen-bond acceptors (Lipinski definition) is 4. The van der Waals surface area contributed by atoms with E-state index in [2.05, 4.69) is 25.2 Å². The van der Waals surface area contributed by atoms with E-state index in [4.69, 9.17) is 14.2 Å². The first-order valence-corrected chi connectivity index (χ1v) is 7.21. The fourth-order valence-corrected chi connectivity index (χ4v) is 2.77. The molecule has 1 N–H and O–H groups in total. The lowest BCUT2D eigenvalue weighted by Gasteiger charge is -2.40. The molecule has 1 aliphatic rings. The summed E-state index contributed by atoms with van der Waals surface area (Å²) < 4.78 is 16.8. The molecular formula is C16H25NO3. The van der Waals surface area contributed by atoms with Crippen molar-refractivity contribution >= 4 is 0 Å². The Labute approximate surface area is 121 Å². The Morgan fingerprint density at radius 2 is 2.20 bits per heavy atom. The molecule has 4 nitrogen and oxygen atoms in total. The van der Waals surface area contributed by atoms with Crippen molar-refractivity contribution in [1.29, 1.82) is 0 Å². The minimum atomic E-state index is -0.190.